The van der Waals surface area contributed by atoms with Crippen molar-refractivity contribution in [3.05, 3.63) is 29.3 Å². The lowest BCUT2D eigenvalue weighted by molar-refractivity contribution is 0.404. The van der Waals surface area contributed by atoms with Crippen molar-refractivity contribution < 1.29 is 13.2 Å². The summed E-state index contributed by atoms with van der Waals surface area (Å²) in [4.78, 5) is 0. The molecule has 0 aliphatic rings. The van der Waals surface area contributed by atoms with Gasteiger partial charge in [-0.15, -0.1) is 0 Å². The minimum absolute atomic E-state index is 0.175. The predicted octanol–water partition coefficient (Wildman–Crippen LogP) is 1.83. The number of methoxy groups -OCH3 is 1. The number of aryl methyl sites for hydroxylation is 1. The smallest absolute Gasteiger partial charge is 0.147 e. The Kier molecular flexibility index (Phi) is 5.16. The van der Waals surface area contributed by atoms with Gasteiger partial charge in [-0.3, -0.25) is 0 Å². The number of rotatable bonds is 6. The van der Waals surface area contributed by atoms with Gasteiger partial charge in [0.2, 0.25) is 0 Å². The first-order valence-electron chi connectivity index (χ1n) is 5.91. The van der Waals surface area contributed by atoms with Gasteiger partial charge in [0.15, 0.2) is 0 Å². The molecule has 1 unspecified atom stereocenters. The topological polar surface area (TPSA) is 69.4 Å². The summed E-state index contributed by atoms with van der Waals surface area (Å²) in [5, 5.41) is 0. The van der Waals surface area contributed by atoms with Crippen LogP contribution < -0.4 is 10.5 Å². The minimum Gasteiger partial charge on any atom is -0.496 e. The van der Waals surface area contributed by atoms with E-state index in [2.05, 4.69) is 0 Å². The molecule has 0 bridgehead atoms. The Balaban J connectivity index is 2.71. The fourth-order valence-corrected chi connectivity index (χ4v) is 2.56. The van der Waals surface area contributed by atoms with Gasteiger partial charge in [0.05, 0.1) is 7.11 Å². The van der Waals surface area contributed by atoms with Gasteiger partial charge in [0, 0.05) is 23.6 Å². The van der Waals surface area contributed by atoms with Crippen LogP contribution in [0.3, 0.4) is 0 Å². The van der Waals surface area contributed by atoms with Crippen molar-refractivity contribution in [3.8, 4) is 5.75 Å². The summed E-state index contributed by atoms with van der Waals surface area (Å²) >= 11 is 0. The highest BCUT2D eigenvalue weighted by Crippen LogP contribution is 2.27. The zero-order chi connectivity index (χ0) is 13.8. The molecule has 0 aliphatic heterocycles. The third-order valence-electron chi connectivity index (χ3n) is 2.81. The maximum Gasteiger partial charge on any atom is 0.147 e. The van der Waals surface area contributed by atoms with E-state index in [1.807, 2.05) is 25.1 Å². The monoisotopic (exact) mass is 271 g/mol. The number of ether oxygens (including phenoxy) is 1. The molecule has 0 aliphatic carbocycles. The number of hydrogen-bond acceptors (Lipinski definition) is 4. The first-order valence-corrected chi connectivity index (χ1v) is 7.97. The lowest BCUT2D eigenvalue weighted by atomic mass is 10.0. The van der Waals surface area contributed by atoms with Crippen LogP contribution in [0.4, 0.5) is 0 Å². The summed E-state index contributed by atoms with van der Waals surface area (Å²) in [5.41, 5.74) is 8.15. The van der Waals surface area contributed by atoms with Crippen molar-refractivity contribution in [2.24, 2.45) is 5.73 Å². The molecule has 0 spiro atoms. The lowest BCUT2D eigenvalue weighted by Crippen LogP contribution is -2.14. The molecule has 1 rings (SSSR count). The van der Waals surface area contributed by atoms with Crippen LogP contribution >= 0.6 is 0 Å². The third-order valence-corrected chi connectivity index (χ3v) is 3.85. The fourth-order valence-electron chi connectivity index (χ4n) is 1.86. The lowest BCUT2D eigenvalue weighted by Gasteiger charge is -2.16. The Labute approximate surface area is 109 Å². The molecule has 0 saturated carbocycles. The van der Waals surface area contributed by atoms with Crippen molar-refractivity contribution in [2.45, 2.75) is 25.8 Å². The molecular formula is C13H21NO3S. The molecule has 0 saturated heterocycles. The Morgan fingerprint density at radius 1 is 1.39 bits per heavy atom. The average Bonchev–Trinajstić information content (AvgIpc) is 2.27. The van der Waals surface area contributed by atoms with Gasteiger partial charge in [0.25, 0.3) is 0 Å². The van der Waals surface area contributed by atoms with Crippen LogP contribution in [-0.2, 0) is 9.84 Å². The third kappa shape index (κ3) is 4.66. The zero-order valence-electron chi connectivity index (χ0n) is 11.1. The number of sulfone groups is 1. The second-order valence-electron chi connectivity index (χ2n) is 4.62. The normalized spacial score (nSPS) is 13.3. The van der Waals surface area contributed by atoms with Gasteiger partial charge in [-0.05, 0) is 25.8 Å². The maximum absolute atomic E-state index is 11.1. The molecule has 102 valence electrons. The molecule has 0 amide bonds. The SMILES string of the molecule is COc1ccc(C)cc1C(N)CCCS(C)(=O)=O. The Hall–Kier alpha value is -1.07. The van der Waals surface area contributed by atoms with Crippen LogP contribution in [0.5, 0.6) is 5.75 Å². The highest BCUT2D eigenvalue weighted by atomic mass is 32.2. The van der Waals surface area contributed by atoms with E-state index >= 15 is 0 Å². The number of hydrogen-bond donors (Lipinski definition) is 1. The standard InChI is InChI=1S/C13H21NO3S/c1-10-6-7-13(17-2)11(9-10)12(14)5-4-8-18(3,15)16/h6-7,9,12H,4-5,8,14H2,1-3H3. The van der Waals surface area contributed by atoms with Crippen molar-refractivity contribution in [3.63, 3.8) is 0 Å². The van der Waals surface area contributed by atoms with Crippen LogP contribution in [0.15, 0.2) is 18.2 Å². The Morgan fingerprint density at radius 3 is 2.61 bits per heavy atom. The molecule has 0 fully saturated rings. The molecule has 0 heterocycles. The Bertz CT molecular complexity index is 497. The van der Waals surface area contributed by atoms with Gasteiger partial charge in [-0.1, -0.05) is 17.7 Å². The highest BCUT2D eigenvalue weighted by molar-refractivity contribution is 7.90. The van der Waals surface area contributed by atoms with E-state index in [1.54, 1.807) is 7.11 Å². The quantitative estimate of drug-likeness (QED) is 0.857. The number of nitrogens with two attached hydrogens (primary N) is 1. The van der Waals surface area contributed by atoms with Crippen LogP contribution in [0, 0.1) is 6.92 Å². The van der Waals surface area contributed by atoms with E-state index < -0.39 is 9.84 Å². The van der Waals surface area contributed by atoms with E-state index in [0.717, 1.165) is 16.9 Å². The van der Waals surface area contributed by atoms with Crippen molar-refractivity contribution in [2.75, 3.05) is 19.1 Å². The maximum atomic E-state index is 11.1. The van der Waals surface area contributed by atoms with Gasteiger partial charge < -0.3 is 10.5 Å². The largest absolute Gasteiger partial charge is 0.496 e. The summed E-state index contributed by atoms with van der Waals surface area (Å²) in [6.07, 6.45) is 2.44. The first kappa shape index (κ1) is 15.0. The first-order chi connectivity index (χ1) is 8.33. The second kappa shape index (κ2) is 6.20. The van der Waals surface area contributed by atoms with E-state index in [0.29, 0.717) is 12.8 Å². The molecule has 0 radical (unpaired) electrons. The molecule has 2 N–H and O–H groups in total. The van der Waals surface area contributed by atoms with E-state index in [1.165, 1.54) is 6.26 Å². The van der Waals surface area contributed by atoms with Crippen molar-refractivity contribution in [1.82, 2.24) is 0 Å². The fraction of sp³-hybridized carbons (Fsp3) is 0.538. The van der Waals surface area contributed by atoms with Gasteiger partial charge in [0.1, 0.15) is 15.6 Å². The summed E-state index contributed by atoms with van der Waals surface area (Å²) < 4.78 is 27.4. The van der Waals surface area contributed by atoms with Gasteiger partial charge >= 0.3 is 0 Å². The van der Waals surface area contributed by atoms with Crippen molar-refractivity contribution in [1.29, 1.82) is 0 Å². The summed E-state index contributed by atoms with van der Waals surface area (Å²) in [6.45, 7) is 1.99. The van der Waals surface area contributed by atoms with E-state index in [-0.39, 0.29) is 11.8 Å². The Morgan fingerprint density at radius 2 is 2.06 bits per heavy atom. The predicted molar refractivity (Wildman–Crippen MR) is 73.6 cm³/mol. The highest BCUT2D eigenvalue weighted by Gasteiger charge is 2.13. The van der Waals surface area contributed by atoms with Gasteiger partial charge in [-0.25, -0.2) is 8.42 Å². The van der Waals surface area contributed by atoms with Crippen LogP contribution in [0.25, 0.3) is 0 Å². The molecule has 1 atom stereocenters. The zero-order valence-corrected chi connectivity index (χ0v) is 12.0. The van der Waals surface area contributed by atoms with E-state index in [9.17, 15) is 8.42 Å². The van der Waals surface area contributed by atoms with Gasteiger partial charge in [-0.2, -0.15) is 0 Å². The summed E-state index contributed by atoms with van der Waals surface area (Å²) in [6, 6.07) is 5.65. The number of benzene rings is 1. The molecule has 18 heavy (non-hydrogen) atoms. The summed E-state index contributed by atoms with van der Waals surface area (Å²) in [5.74, 6) is 0.932. The van der Waals surface area contributed by atoms with Crippen LogP contribution in [-0.4, -0.2) is 27.5 Å². The van der Waals surface area contributed by atoms with E-state index in [4.69, 9.17) is 10.5 Å². The molecule has 1 aromatic carbocycles. The molecule has 1 aromatic rings. The van der Waals surface area contributed by atoms with Crippen LogP contribution in [0.1, 0.15) is 30.0 Å². The average molecular weight is 271 g/mol. The minimum atomic E-state index is -2.91. The van der Waals surface area contributed by atoms with Crippen LogP contribution in [0.2, 0.25) is 0 Å². The van der Waals surface area contributed by atoms with Crippen molar-refractivity contribution >= 4 is 9.84 Å². The summed E-state index contributed by atoms with van der Waals surface area (Å²) in [7, 11) is -1.30. The molecular weight excluding hydrogens is 250 g/mol. The molecule has 5 heteroatoms. The molecule has 4 nitrogen and oxygen atoms in total. The second-order valence-corrected chi connectivity index (χ2v) is 6.88. The molecule has 0 aromatic heterocycles.